The van der Waals surface area contributed by atoms with Crippen molar-refractivity contribution in [1.82, 2.24) is 14.8 Å². The Morgan fingerprint density at radius 2 is 1.70 bits per heavy atom. The van der Waals surface area contributed by atoms with Crippen LogP contribution < -0.4 is 0 Å². The zero-order chi connectivity index (χ0) is 13.9. The number of nitrogens with zero attached hydrogens (tertiary/aromatic N) is 2. The summed E-state index contributed by atoms with van der Waals surface area (Å²) in [6.07, 6.45) is 1.74. The van der Waals surface area contributed by atoms with Crippen LogP contribution in [0.25, 0.3) is 0 Å². The highest BCUT2D eigenvalue weighted by Crippen LogP contribution is 2.14. The van der Waals surface area contributed by atoms with E-state index in [1.165, 1.54) is 11.3 Å². The molecule has 104 valence electrons. The highest BCUT2D eigenvalue weighted by atomic mass is 32.1. The monoisotopic (exact) mass is 289 g/mol. The van der Waals surface area contributed by atoms with Crippen molar-refractivity contribution in [2.45, 2.75) is 0 Å². The summed E-state index contributed by atoms with van der Waals surface area (Å²) >= 11 is 1.45. The minimum absolute atomic E-state index is 0.00165. The molecule has 1 fully saturated rings. The molecular weight excluding hydrogens is 274 g/mol. The van der Waals surface area contributed by atoms with Gasteiger partial charge in [0.2, 0.25) is 0 Å². The lowest BCUT2D eigenvalue weighted by molar-refractivity contribution is 0.0535. The van der Waals surface area contributed by atoms with Crippen LogP contribution in [-0.4, -0.2) is 52.8 Å². The van der Waals surface area contributed by atoms with Crippen molar-refractivity contribution in [2.24, 2.45) is 0 Å². The minimum atomic E-state index is -0.00165. The molecule has 5 nitrogen and oxygen atoms in total. The average molecular weight is 289 g/mol. The van der Waals surface area contributed by atoms with E-state index in [-0.39, 0.29) is 11.8 Å². The standard InChI is InChI=1S/C14H15N3O2S/c18-13(11-3-1-5-15-11)16-6-8-17(9-7-16)14(19)12-4-2-10-20-12/h1-5,10,15H,6-9H2. The Labute approximate surface area is 120 Å². The van der Waals surface area contributed by atoms with Crippen LogP contribution in [0, 0.1) is 0 Å². The highest BCUT2D eigenvalue weighted by Gasteiger charge is 2.26. The Hall–Kier alpha value is -2.08. The van der Waals surface area contributed by atoms with Crippen molar-refractivity contribution in [3.8, 4) is 0 Å². The quantitative estimate of drug-likeness (QED) is 0.914. The van der Waals surface area contributed by atoms with Crippen molar-refractivity contribution >= 4 is 23.2 Å². The average Bonchev–Trinajstić information content (AvgIpc) is 3.18. The van der Waals surface area contributed by atoms with E-state index >= 15 is 0 Å². The maximum atomic E-state index is 12.2. The summed E-state index contributed by atoms with van der Waals surface area (Å²) in [5, 5.41) is 1.90. The smallest absolute Gasteiger partial charge is 0.270 e. The number of amides is 2. The van der Waals surface area contributed by atoms with E-state index in [1.807, 2.05) is 28.5 Å². The molecule has 0 radical (unpaired) electrons. The minimum Gasteiger partial charge on any atom is -0.357 e. The molecule has 1 aliphatic heterocycles. The number of H-pyrrole nitrogens is 1. The van der Waals surface area contributed by atoms with Gasteiger partial charge in [-0.25, -0.2) is 0 Å². The van der Waals surface area contributed by atoms with Gasteiger partial charge in [-0.1, -0.05) is 6.07 Å². The molecule has 0 atom stereocenters. The molecule has 2 amide bonds. The molecule has 2 aromatic rings. The van der Waals surface area contributed by atoms with Gasteiger partial charge in [0.05, 0.1) is 4.88 Å². The molecule has 1 aliphatic rings. The summed E-state index contributed by atoms with van der Waals surface area (Å²) in [6.45, 7) is 2.33. The summed E-state index contributed by atoms with van der Waals surface area (Å²) in [4.78, 5) is 31.6. The Kier molecular flexibility index (Phi) is 3.56. The molecule has 6 heteroatoms. The number of aromatic nitrogens is 1. The number of nitrogens with one attached hydrogen (secondary N) is 1. The van der Waals surface area contributed by atoms with E-state index in [9.17, 15) is 9.59 Å². The molecule has 3 rings (SSSR count). The fraction of sp³-hybridized carbons (Fsp3) is 0.286. The van der Waals surface area contributed by atoms with Crippen LogP contribution in [0.5, 0.6) is 0 Å². The second-order valence-electron chi connectivity index (χ2n) is 4.65. The van der Waals surface area contributed by atoms with Gasteiger partial charge in [-0.05, 0) is 23.6 Å². The maximum Gasteiger partial charge on any atom is 0.270 e. The van der Waals surface area contributed by atoms with Crippen molar-refractivity contribution in [1.29, 1.82) is 0 Å². The molecule has 1 saturated heterocycles. The summed E-state index contributed by atoms with van der Waals surface area (Å²) < 4.78 is 0. The second kappa shape index (κ2) is 5.50. The van der Waals surface area contributed by atoms with Crippen LogP contribution in [0.4, 0.5) is 0 Å². The SMILES string of the molecule is O=C(c1ccc[nH]1)N1CCN(C(=O)c2cccs2)CC1. The Balaban J connectivity index is 1.60. The zero-order valence-electron chi connectivity index (χ0n) is 10.9. The van der Waals surface area contributed by atoms with E-state index in [4.69, 9.17) is 0 Å². The number of piperazine rings is 1. The molecule has 20 heavy (non-hydrogen) atoms. The first-order valence-corrected chi connectivity index (χ1v) is 7.39. The van der Waals surface area contributed by atoms with E-state index in [0.29, 0.717) is 31.9 Å². The van der Waals surface area contributed by atoms with Crippen LogP contribution in [0.1, 0.15) is 20.2 Å². The van der Waals surface area contributed by atoms with Crippen molar-refractivity contribution < 1.29 is 9.59 Å². The van der Waals surface area contributed by atoms with Gasteiger partial charge in [0.25, 0.3) is 11.8 Å². The van der Waals surface area contributed by atoms with Gasteiger partial charge in [-0.3, -0.25) is 9.59 Å². The largest absolute Gasteiger partial charge is 0.357 e. The van der Waals surface area contributed by atoms with Gasteiger partial charge in [0.15, 0.2) is 0 Å². The molecule has 2 aromatic heterocycles. The number of hydrogen-bond donors (Lipinski definition) is 1. The molecule has 0 bridgehead atoms. The van der Waals surface area contributed by atoms with E-state index in [2.05, 4.69) is 4.98 Å². The topological polar surface area (TPSA) is 56.4 Å². The molecule has 1 N–H and O–H groups in total. The first-order chi connectivity index (χ1) is 9.75. The number of carbonyl (C=O) groups is 2. The van der Waals surface area contributed by atoms with Crippen LogP contribution in [0.2, 0.25) is 0 Å². The number of hydrogen-bond acceptors (Lipinski definition) is 3. The fourth-order valence-electron chi connectivity index (χ4n) is 2.30. The van der Waals surface area contributed by atoms with Crippen molar-refractivity contribution in [3.63, 3.8) is 0 Å². The predicted octanol–water partition coefficient (Wildman–Crippen LogP) is 1.67. The zero-order valence-corrected chi connectivity index (χ0v) is 11.7. The lowest BCUT2D eigenvalue weighted by Crippen LogP contribution is -2.50. The van der Waals surface area contributed by atoms with Crippen molar-refractivity contribution in [2.75, 3.05) is 26.2 Å². The first-order valence-electron chi connectivity index (χ1n) is 6.51. The van der Waals surface area contributed by atoms with Crippen LogP contribution in [0.15, 0.2) is 35.8 Å². The number of carbonyl (C=O) groups excluding carboxylic acids is 2. The lowest BCUT2D eigenvalue weighted by Gasteiger charge is -2.34. The van der Waals surface area contributed by atoms with Gasteiger partial charge in [-0.15, -0.1) is 11.3 Å². The second-order valence-corrected chi connectivity index (χ2v) is 5.59. The van der Waals surface area contributed by atoms with Gasteiger partial charge < -0.3 is 14.8 Å². The van der Waals surface area contributed by atoms with Gasteiger partial charge in [-0.2, -0.15) is 0 Å². The third-order valence-electron chi connectivity index (χ3n) is 3.41. The van der Waals surface area contributed by atoms with Gasteiger partial charge >= 0.3 is 0 Å². The Morgan fingerprint density at radius 1 is 1.00 bits per heavy atom. The highest BCUT2D eigenvalue weighted by molar-refractivity contribution is 7.12. The number of thiophene rings is 1. The van der Waals surface area contributed by atoms with Gasteiger partial charge in [0, 0.05) is 32.4 Å². The van der Waals surface area contributed by atoms with Crippen LogP contribution in [0.3, 0.4) is 0 Å². The normalized spacial score (nSPS) is 15.4. The van der Waals surface area contributed by atoms with Crippen LogP contribution in [-0.2, 0) is 0 Å². The molecule has 0 saturated carbocycles. The first kappa shape index (κ1) is 12.9. The predicted molar refractivity (Wildman–Crippen MR) is 76.9 cm³/mol. The third kappa shape index (κ3) is 2.46. The summed E-state index contributed by atoms with van der Waals surface area (Å²) in [6, 6.07) is 7.29. The Morgan fingerprint density at radius 3 is 2.25 bits per heavy atom. The third-order valence-corrected chi connectivity index (χ3v) is 4.27. The summed E-state index contributed by atoms with van der Waals surface area (Å²) in [7, 11) is 0. The van der Waals surface area contributed by atoms with E-state index in [1.54, 1.807) is 17.2 Å². The van der Waals surface area contributed by atoms with Gasteiger partial charge in [0.1, 0.15) is 5.69 Å². The fourth-order valence-corrected chi connectivity index (χ4v) is 2.99. The molecule has 0 unspecified atom stereocenters. The summed E-state index contributed by atoms with van der Waals surface area (Å²) in [5.41, 5.74) is 0.600. The number of rotatable bonds is 2. The molecule has 0 spiro atoms. The Bertz CT molecular complexity index is 530. The molecule has 3 heterocycles. The molecule has 0 aliphatic carbocycles. The lowest BCUT2D eigenvalue weighted by atomic mass is 10.2. The summed E-state index contributed by atoms with van der Waals surface area (Å²) in [5.74, 6) is 0.0604. The number of aromatic amines is 1. The molecular formula is C14H15N3O2S. The van der Waals surface area contributed by atoms with E-state index in [0.717, 1.165) is 4.88 Å². The van der Waals surface area contributed by atoms with Crippen molar-refractivity contribution in [3.05, 3.63) is 46.4 Å². The van der Waals surface area contributed by atoms with Crippen LogP contribution >= 0.6 is 11.3 Å². The van der Waals surface area contributed by atoms with E-state index < -0.39 is 0 Å². The molecule has 0 aromatic carbocycles. The maximum absolute atomic E-state index is 12.2.